The molecular formula is C24H25N5O2. The molecule has 2 heterocycles. The second-order valence-electron chi connectivity index (χ2n) is 7.28. The van der Waals surface area contributed by atoms with Crippen LogP contribution in [-0.2, 0) is 13.0 Å². The van der Waals surface area contributed by atoms with Crippen LogP contribution in [0, 0.1) is 6.92 Å². The number of fused-ring (bicyclic) bond motifs is 1. The molecule has 0 aliphatic heterocycles. The molecule has 0 atom stereocenters. The number of carbonyl (C=O) groups excluding carboxylic acids is 1. The number of amides is 2. The number of aromatic nitrogens is 3. The second-order valence-corrected chi connectivity index (χ2v) is 7.28. The van der Waals surface area contributed by atoms with Gasteiger partial charge in [0.1, 0.15) is 17.1 Å². The molecule has 0 unspecified atom stereocenters. The first-order valence-corrected chi connectivity index (χ1v) is 10.2. The van der Waals surface area contributed by atoms with E-state index in [0.717, 1.165) is 22.6 Å². The molecule has 4 rings (SSSR count). The maximum atomic E-state index is 12.4. The first kappa shape index (κ1) is 20.4. The molecule has 7 heteroatoms. The van der Waals surface area contributed by atoms with Gasteiger partial charge in [-0.1, -0.05) is 36.4 Å². The molecular weight excluding hydrogens is 390 g/mol. The number of aryl methyl sites for hydroxylation is 1. The van der Waals surface area contributed by atoms with E-state index in [9.17, 15) is 4.79 Å². The Kier molecular flexibility index (Phi) is 6.12. The molecule has 2 aromatic heterocycles. The minimum absolute atomic E-state index is 0.284. The molecule has 0 aliphatic rings. The lowest BCUT2D eigenvalue weighted by atomic mass is 10.2. The molecule has 0 saturated carbocycles. The topological polar surface area (TPSA) is 81.1 Å². The number of nitrogens with one attached hydrogen (secondary N) is 2. The van der Waals surface area contributed by atoms with Crippen LogP contribution in [0.5, 0.6) is 5.75 Å². The van der Waals surface area contributed by atoms with E-state index < -0.39 is 0 Å². The molecule has 31 heavy (non-hydrogen) atoms. The molecule has 2 aromatic carbocycles. The van der Waals surface area contributed by atoms with E-state index in [-0.39, 0.29) is 6.03 Å². The van der Waals surface area contributed by atoms with Gasteiger partial charge < -0.3 is 19.9 Å². The third-order valence-corrected chi connectivity index (χ3v) is 5.00. The molecule has 2 N–H and O–H groups in total. The van der Waals surface area contributed by atoms with Crippen LogP contribution in [0.3, 0.4) is 0 Å². The van der Waals surface area contributed by atoms with Gasteiger partial charge in [0.2, 0.25) is 0 Å². The van der Waals surface area contributed by atoms with E-state index in [4.69, 9.17) is 9.72 Å². The van der Waals surface area contributed by atoms with Gasteiger partial charge in [0, 0.05) is 19.2 Å². The van der Waals surface area contributed by atoms with Crippen molar-refractivity contribution in [2.75, 3.05) is 19.0 Å². The lowest BCUT2D eigenvalue weighted by Crippen LogP contribution is -2.31. The SMILES string of the molecule is COc1ccc(C)cc1NC(=O)NCCc1nc2cccnc2n1Cc1ccccc1. The van der Waals surface area contributed by atoms with Crippen LogP contribution in [0.25, 0.3) is 11.2 Å². The number of hydrogen-bond acceptors (Lipinski definition) is 4. The zero-order valence-corrected chi connectivity index (χ0v) is 17.6. The largest absolute Gasteiger partial charge is 0.495 e. The highest BCUT2D eigenvalue weighted by atomic mass is 16.5. The molecule has 4 aromatic rings. The smallest absolute Gasteiger partial charge is 0.319 e. The third-order valence-electron chi connectivity index (χ3n) is 5.00. The van der Waals surface area contributed by atoms with Gasteiger partial charge in [0.25, 0.3) is 0 Å². The van der Waals surface area contributed by atoms with Crippen molar-refractivity contribution < 1.29 is 9.53 Å². The molecule has 0 fully saturated rings. The van der Waals surface area contributed by atoms with Crippen LogP contribution in [0.4, 0.5) is 10.5 Å². The fourth-order valence-corrected chi connectivity index (χ4v) is 3.50. The van der Waals surface area contributed by atoms with Gasteiger partial charge in [-0.05, 0) is 42.3 Å². The Morgan fingerprint density at radius 2 is 1.94 bits per heavy atom. The van der Waals surface area contributed by atoms with Gasteiger partial charge in [-0.3, -0.25) is 0 Å². The van der Waals surface area contributed by atoms with Crippen LogP contribution < -0.4 is 15.4 Å². The summed E-state index contributed by atoms with van der Waals surface area (Å²) in [5, 5.41) is 5.76. The summed E-state index contributed by atoms with van der Waals surface area (Å²) in [5.41, 5.74) is 4.54. The van der Waals surface area contributed by atoms with E-state index in [2.05, 4.69) is 32.3 Å². The number of urea groups is 1. The van der Waals surface area contributed by atoms with E-state index in [1.165, 1.54) is 5.56 Å². The summed E-state index contributed by atoms with van der Waals surface area (Å²) in [6.45, 7) is 3.09. The standard InChI is InChI=1S/C24H25N5O2/c1-17-10-11-21(31-2)20(15-17)28-24(30)26-14-12-22-27-19-9-6-13-25-23(19)29(22)16-18-7-4-3-5-8-18/h3-11,13,15H,12,14,16H2,1-2H3,(H2,26,28,30). The second kappa shape index (κ2) is 9.30. The van der Waals surface area contributed by atoms with Crippen molar-refractivity contribution >= 4 is 22.9 Å². The van der Waals surface area contributed by atoms with Crippen LogP contribution in [0.15, 0.2) is 66.9 Å². The van der Waals surface area contributed by atoms with Gasteiger partial charge >= 0.3 is 6.03 Å². The highest BCUT2D eigenvalue weighted by Crippen LogP contribution is 2.25. The highest BCUT2D eigenvalue weighted by Gasteiger charge is 2.13. The van der Waals surface area contributed by atoms with E-state index in [1.54, 1.807) is 13.3 Å². The Balaban J connectivity index is 1.45. The minimum atomic E-state index is -0.284. The Morgan fingerprint density at radius 3 is 2.74 bits per heavy atom. The lowest BCUT2D eigenvalue weighted by Gasteiger charge is -2.12. The van der Waals surface area contributed by atoms with Crippen molar-refractivity contribution in [3.63, 3.8) is 0 Å². The first-order valence-electron chi connectivity index (χ1n) is 10.2. The lowest BCUT2D eigenvalue weighted by molar-refractivity contribution is 0.252. The van der Waals surface area contributed by atoms with Gasteiger partial charge in [-0.2, -0.15) is 0 Å². The van der Waals surface area contributed by atoms with Crippen molar-refractivity contribution in [3.8, 4) is 5.75 Å². The highest BCUT2D eigenvalue weighted by molar-refractivity contribution is 5.91. The third kappa shape index (κ3) is 4.83. The number of benzene rings is 2. The number of imidazole rings is 1. The molecule has 0 radical (unpaired) electrons. The fraction of sp³-hybridized carbons (Fsp3) is 0.208. The average Bonchev–Trinajstić information content (AvgIpc) is 3.12. The van der Waals surface area contributed by atoms with E-state index >= 15 is 0 Å². The number of pyridine rings is 1. The van der Waals surface area contributed by atoms with Crippen molar-refractivity contribution in [2.24, 2.45) is 0 Å². The number of anilines is 1. The molecule has 0 aliphatic carbocycles. The summed E-state index contributed by atoms with van der Waals surface area (Å²) in [5.74, 6) is 1.50. The van der Waals surface area contributed by atoms with Crippen LogP contribution in [0.2, 0.25) is 0 Å². The van der Waals surface area contributed by atoms with Crippen molar-refractivity contribution in [1.82, 2.24) is 19.9 Å². The Hall–Kier alpha value is -3.87. The van der Waals surface area contributed by atoms with Gasteiger partial charge in [-0.15, -0.1) is 0 Å². The number of methoxy groups -OCH3 is 1. The number of carbonyl (C=O) groups is 1. The fourth-order valence-electron chi connectivity index (χ4n) is 3.50. The Morgan fingerprint density at radius 1 is 1.10 bits per heavy atom. The summed E-state index contributed by atoms with van der Waals surface area (Å²) >= 11 is 0. The number of rotatable bonds is 7. The molecule has 0 bridgehead atoms. The Bertz CT molecular complexity index is 1190. The number of hydrogen-bond donors (Lipinski definition) is 2. The predicted octanol–water partition coefficient (Wildman–Crippen LogP) is 4.16. The normalized spacial score (nSPS) is 10.8. The summed E-state index contributed by atoms with van der Waals surface area (Å²) in [6, 6.07) is 19.4. The summed E-state index contributed by atoms with van der Waals surface area (Å²) in [6.07, 6.45) is 2.36. The van der Waals surface area contributed by atoms with Crippen LogP contribution >= 0.6 is 0 Å². The maximum absolute atomic E-state index is 12.4. The van der Waals surface area contributed by atoms with Crippen LogP contribution in [0.1, 0.15) is 17.0 Å². The minimum Gasteiger partial charge on any atom is -0.495 e. The van der Waals surface area contributed by atoms with Crippen molar-refractivity contribution in [3.05, 3.63) is 83.8 Å². The quantitative estimate of drug-likeness (QED) is 0.475. The van der Waals surface area contributed by atoms with Crippen molar-refractivity contribution in [1.29, 1.82) is 0 Å². The molecule has 2 amide bonds. The molecule has 7 nitrogen and oxygen atoms in total. The average molecular weight is 415 g/mol. The van der Waals surface area contributed by atoms with E-state index in [1.807, 2.05) is 55.5 Å². The van der Waals surface area contributed by atoms with Gasteiger partial charge in [0.15, 0.2) is 5.65 Å². The predicted molar refractivity (Wildman–Crippen MR) is 122 cm³/mol. The number of nitrogens with zero attached hydrogens (tertiary/aromatic N) is 3. The zero-order chi connectivity index (χ0) is 21.6. The maximum Gasteiger partial charge on any atom is 0.319 e. The molecule has 158 valence electrons. The van der Waals surface area contributed by atoms with E-state index in [0.29, 0.717) is 30.9 Å². The summed E-state index contributed by atoms with van der Waals surface area (Å²) in [4.78, 5) is 21.7. The molecule has 0 saturated heterocycles. The first-order chi connectivity index (χ1) is 15.1. The van der Waals surface area contributed by atoms with Crippen LogP contribution in [-0.4, -0.2) is 34.2 Å². The van der Waals surface area contributed by atoms with Gasteiger partial charge in [0.05, 0.1) is 19.3 Å². The van der Waals surface area contributed by atoms with Crippen molar-refractivity contribution in [2.45, 2.75) is 19.9 Å². The zero-order valence-electron chi connectivity index (χ0n) is 17.6. The Labute approximate surface area is 181 Å². The summed E-state index contributed by atoms with van der Waals surface area (Å²) in [7, 11) is 1.58. The number of ether oxygens (including phenoxy) is 1. The monoisotopic (exact) mass is 415 g/mol. The van der Waals surface area contributed by atoms with Gasteiger partial charge in [-0.25, -0.2) is 14.8 Å². The molecule has 0 spiro atoms. The summed E-state index contributed by atoms with van der Waals surface area (Å²) < 4.78 is 7.42.